The maximum absolute atomic E-state index is 13.3. The quantitative estimate of drug-likeness (QED) is 0.502. The van der Waals surface area contributed by atoms with Crippen LogP contribution in [0, 0.1) is 12.7 Å². The molecule has 144 valence electrons. The summed E-state index contributed by atoms with van der Waals surface area (Å²) < 4.78 is 18.4. The van der Waals surface area contributed by atoms with Crippen molar-refractivity contribution in [3.05, 3.63) is 77.2 Å². The Labute approximate surface area is 162 Å². The maximum Gasteiger partial charge on any atom is 0.340 e. The number of aryl methyl sites for hydroxylation is 2. The minimum Gasteiger partial charge on any atom is -0.452 e. The number of aromatic nitrogens is 1. The SMILES string of the molecule is Cc1nc2cc(F)ccc2cc1C(=O)OCC(=O)NCCCc1ccccc1. The lowest BCUT2D eigenvalue weighted by Gasteiger charge is -2.09. The normalized spacial score (nSPS) is 10.6. The summed E-state index contributed by atoms with van der Waals surface area (Å²) in [5.74, 6) is -1.37. The molecular weight excluding hydrogens is 359 g/mol. The molecule has 0 saturated carbocycles. The fourth-order valence-electron chi connectivity index (χ4n) is 2.87. The summed E-state index contributed by atoms with van der Waals surface area (Å²) >= 11 is 0. The highest BCUT2D eigenvalue weighted by Crippen LogP contribution is 2.18. The third kappa shape index (κ3) is 5.13. The van der Waals surface area contributed by atoms with Crippen molar-refractivity contribution < 1.29 is 18.7 Å². The number of halogens is 1. The number of carbonyl (C=O) groups excluding carboxylic acids is 2. The number of pyridine rings is 1. The number of fused-ring (bicyclic) bond motifs is 1. The monoisotopic (exact) mass is 380 g/mol. The van der Waals surface area contributed by atoms with Gasteiger partial charge in [0, 0.05) is 18.0 Å². The Balaban J connectivity index is 1.48. The molecule has 0 spiro atoms. The number of benzene rings is 2. The second-order valence-corrected chi connectivity index (χ2v) is 6.47. The van der Waals surface area contributed by atoms with E-state index in [0.29, 0.717) is 23.1 Å². The number of rotatable bonds is 7. The van der Waals surface area contributed by atoms with E-state index in [1.54, 1.807) is 19.1 Å². The number of nitrogens with zero attached hydrogens (tertiary/aromatic N) is 1. The first-order valence-corrected chi connectivity index (χ1v) is 9.07. The standard InChI is InChI=1S/C22H21FN2O3/c1-15-19(12-17-9-10-18(23)13-20(17)25-15)22(27)28-14-21(26)24-11-5-8-16-6-3-2-4-7-16/h2-4,6-7,9-10,12-13H,5,8,11,14H2,1H3,(H,24,26). The molecule has 0 fully saturated rings. The summed E-state index contributed by atoms with van der Waals surface area (Å²) in [6, 6.07) is 15.8. The lowest BCUT2D eigenvalue weighted by Crippen LogP contribution is -2.30. The van der Waals surface area contributed by atoms with Gasteiger partial charge < -0.3 is 10.1 Å². The topological polar surface area (TPSA) is 68.3 Å². The zero-order valence-corrected chi connectivity index (χ0v) is 15.6. The van der Waals surface area contributed by atoms with Gasteiger partial charge in [0.1, 0.15) is 5.82 Å². The van der Waals surface area contributed by atoms with E-state index in [9.17, 15) is 14.0 Å². The van der Waals surface area contributed by atoms with Gasteiger partial charge >= 0.3 is 5.97 Å². The van der Waals surface area contributed by atoms with Gasteiger partial charge in [-0.1, -0.05) is 30.3 Å². The molecule has 3 rings (SSSR count). The molecule has 1 N–H and O–H groups in total. The van der Waals surface area contributed by atoms with E-state index in [0.717, 1.165) is 12.8 Å². The van der Waals surface area contributed by atoms with E-state index in [-0.39, 0.29) is 18.1 Å². The number of nitrogens with one attached hydrogen (secondary N) is 1. The smallest absolute Gasteiger partial charge is 0.340 e. The molecule has 3 aromatic rings. The summed E-state index contributed by atoms with van der Waals surface area (Å²) in [4.78, 5) is 28.4. The Morgan fingerprint density at radius 2 is 1.89 bits per heavy atom. The van der Waals surface area contributed by atoms with Crippen molar-refractivity contribution in [3.8, 4) is 0 Å². The molecule has 0 bridgehead atoms. The predicted molar refractivity (Wildman–Crippen MR) is 104 cm³/mol. The number of ether oxygens (including phenoxy) is 1. The predicted octanol–water partition coefficient (Wildman–Crippen LogP) is 3.59. The van der Waals surface area contributed by atoms with Crippen LogP contribution >= 0.6 is 0 Å². The first-order chi connectivity index (χ1) is 13.5. The molecule has 1 heterocycles. The van der Waals surface area contributed by atoms with Crippen LogP contribution in [0.2, 0.25) is 0 Å². The van der Waals surface area contributed by atoms with Crippen LogP contribution in [0.1, 0.15) is 28.0 Å². The van der Waals surface area contributed by atoms with Crippen molar-refractivity contribution in [1.82, 2.24) is 10.3 Å². The largest absolute Gasteiger partial charge is 0.452 e. The van der Waals surface area contributed by atoms with Gasteiger partial charge in [-0.3, -0.25) is 9.78 Å². The highest BCUT2D eigenvalue weighted by molar-refractivity contribution is 5.96. The molecule has 0 atom stereocenters. The van der Waals surface area contributed by atoms with Crippen LogP contribution < -0.4 is 5.32 Å². The second-order valence-electron chi connectivity index (χ2n) is 6.47. The van der Waals surface area contributed by atoms with Crippen molar-refractivity contribution in [1.29, 1.82) is 0 Å². The fourth-order valence-corrected chi connectivity index (χ4v) is 2.87. The molecule has 1 aromatic heterocycles. The van der Waals surface area contributed by atoms with Crippen LogP contribution in [0.5, 0.6) is 0 Å². The Hall–Kier alpha value is -3.28. The van der Waals surface area contributed by atoms with E-state index in [2.05, 4.69) is 10.3 Å². The zero-order chi connectivity index (χ0) is 19.9. The zero-order valence-electron chi connectivity index (χ0n) is 15.6. The maximum atomic E-state index is 13.3. The number of hydrogen-bond acceptors (Lipinski definition) is 4. The number of amides is 1. The summed E-state index contributed by atoms with van der Waals surface area (Å²) in [7, 11) is 0. The van der Waals surface area contributed by atoms with E-state index < -0.39 is 11.8 Å². The molecule has 0 radical (unpaired) electrons. The van der Waals surface area contributed by atoms with Gasteiger partial charge in [0.25, 0.3) is 5.91 Å². The van der Waals surface area contributed by atoms with Gasteiger partial charge in [-0.2, -0.15) is 0 Å². The number of hydrogen-bond donors (Lipinski definition) is 1. The average molecular weight is 380 g/mol. The number of carbonyl (C=O) groups is 2. The highest BCUT2D eigenvalue weighted by atomic mass is 19.1. The molecule has 6 heteroatoms. The lowest BCUT2D eigenvalue weighted by atomic mass is 10.1. The van der Waals surface area contributed by atoms with Crippen LogP contribution in [-0.4, -0.2) is 30.0 Å². The first-order valence-electron chi connectivity index (χ1n) is 9.07. The molecule has 28 heavy (non-hydrogen) atoms. The summed E-state index contributed by atoms with van der Waals surface area (Å²) in [5.41, 5.74) is 2.36. The minimum absolute atomic E-state index is 0.260. The third-order valence-electron chi connectivity index (χ3n) is 4.33. The van der Waals surface area contributed by atoms with E-state index >= 15 is 0 Å². The van der Waals surface area contributed by atoms with Gasteiger partial charge in [0.15, 0.2) is 6.61 Å². The Morgan fingerprint density at radius 3 is 2.68 bits per heavy atom. The van der Waals surface area contributed by atoms with Crippen LogP contribution in [0.4, 0.5) is 4.39 Å². The summed E-state index contributed by atoms with van der Waals surface area (Å²) in [5, 5.41) is 3.37. The second kappa shape index (κ2) is 9.08. The Bertz CT molecular complexity index is 990. The molecule has 0 aliphatic carbocycles. The van der Waals surface area contributed by atoms with E-state index in [4.69, 9.17) is 4.74 Å². The molecule has 0 aliphatic rings. The lowest BCUT2D eigenvalue weighted by molar-refractivity contribution is -0.124. The van der Waals surface area contributed by atoms with Crippen LogP contribution in [0.3, 0.4) is 0 Å². The van der Waals surface area contributed by atoms with Gasteiger partial charge in [0.2, 0.25) is 0 Å². The molecule has 1 amide bonds. The van der Waals surface area contributed by atoms with Crippen molar-refractivity contribution in [2.24, 2.45) is 0 Å². The van der Waals surface area contributed by atoms with Crippen molar-refractivity contribution in [2.75, 3.05) is 13.2 Å². The van der Waals surface area contributed by atoms with Gasteiger partial charge in [-0.15, -0.1) is 0 Å². The van der Waals surface area contributed by atoms with Crippen molar-refractivity contribution in [3.63, 3.8) is 0 Å². The van der Waals surface area contributed by atoms with Crippen LogP contribution in [-0.2, 0) is 16.0 Å². The minimum atomic E-state index is -0.629. The molecule has 2 aromatic carbocycles. The Kier molecular flexibility index (Phi) is 6.32. The van der Waals surface area contributed by atoms with Crippen LogP contribution in [0.15, 0.2) is 54.6 Å². The summed E-state index contributed by atoms with van der Waals surface area (Å²) in [6.07, 6.45) is 1.66. The van der Waals surface area contributed by atoms with Crippen molar-refractivity contribution >= 4 is 22.8 Å². The van der Waals surface area contributed by atoms with E-state index in [1.165, 1.54) is 17.7 Å². The fraction of sp³-hybridized carbons (Fsp3) is 0.227. The summed E-state index contributed by atoms with van der Waals surface area (Å²) in [6.45, 7) is 1.79. The van der Waals surface area contributed by atoms with E-state index in [1.807, 2.05) is 30.3 Å². The third-order valence-corrected chi connectivity index (χ3v) is 4.33. The average Bonchev–Trinajstić information content (AvgIpc) is 2.69. The first kappa shape index (κ1) is 19.5. The molecule has 5 nitrogen and oxygen atoms in total. The Morgan fingerprint density at radius 1 is 1.11 bits per heavy atom. The van der Waals surface area contributed by atoms with Crippen LogP contribution in [0.25, 0.3) is 10.9 Å². The van der Waals surface area contributed by atoms with Gasteiger partial charge in [0.05, 0.1) is 16.8 Å². The highest BCUT2D eigenvalue weighted by Gasteiger charge is 2.15. The number of esters is 1. The molecule has 0 saturated heterocycles. The van der Waals surface area contributed by atoms with Gasteiger partial charge in [-0.05, 0) is 43.5 Å². The van der Waals surface area contributed by atoms with Crippen molar-refractivity contribution in [2.45, 2.75) is 19.8 Å². The molecule has 0 unspecified atom stereocenters. The molecule has 0 aliphatic heterocycles. The van der Waals surface area contributed by atoms with Gasteiger partial charge in [-0.25, -0.2) is 9.18 Å². The molecular formula is C22H21FN2O3.